The lowest BCUT2D eigenvalue weighted by Gasteiger charge is -2.31. The van der Waals surface area contributed by atoms with E-state index in [1.54, 1.807) is 16.7 Å². The van der Waals surface area contributed by atoms with Gasteiger partial charge in [-0.2, -0.15) is 4.98 Å². The molecule has 1 fully saturated rings. The zero-order valence-corrected chi connectivity index (χ0v) is 13.6. The van der Waals surface area contributed by atoms with Gasteiger partial charge in [0, 0.05) is 44.0 Å². The second-order valence-corrected chi connectivity index (χ2v) is 6.30. The van der Waals surface area contributed by atoms with Crippen LogP contribution in [0.3, 0.4) is 0 Å². The van der Waals surface area contributed by atoms with E-state index in [2.05, 4.69) is 20.5 Å². The van der Waals surface area contributed by atoms with Gasteiger partial charge in [0.05, 0.1) is 12.6 Å². The van der Waals surface area contributed by atoms with Gasteiger partial charge in [-0.05, 0) is 17.7 Å². The highest BCUT2D eigenvalue weighted by atomic mass is 19.1. The average Bonchev–Trinajstić information content (AvgIpc) is 3.00. The maximum Gasteiger partial charge on any atom is 0.351 e. The van der Waals surface area contributed by atoms with Crippen molar-refractivity contribution in [2.75, 3.05) is 29.9 Å². The molecule has 0 radical (unpaired) electrons. The Balaban J connectivity index is 1.55. The summed E-state index contributed by atoms with van der Waals surface area (Å²) in [5.41, 5.74) is 0.806. The molecular formula is C17H19FN6O. The number of hydrogen-bond acceptors (Lipinski definition) is 6. The largest absolute Gasteiger partial charge is 0.366 e. The Bertz CT molecular complexity index is 880. The first-order valence-electron chi connectivity index (χ1n) is 8.28. The molecule has 2 aromatic rings. The van der Waals surface area contributed by atoms with Crippen LogP contribution in [0.5, 0.6) is 0 Å². The van der Waals surface area contributed by atoms with Crippen molar-refractivity contribution in [3.63, 3.8) is 0 Å². The highest BCUT2D eigenvalue weighted by molar-refractivity contribution is 5.77. The third kappa shape index (κ3) is 2.89. The molecule has 0 aliphatic carbocycles. The van der Waals surface area contributed by atoms with E-state index in [0.717, 1.165) is 37.2 Å². The first-order valence-corrected chi connectivity index (χ1v) is 8.28. The van der Waals surface area contributed by atoms with Crippen LogP contribution in [-0.2, 0) is 13.1 Å². The number of rotatable bonds is 4. The molecule has 25 heavy (non-hydrogen) atoms. The van der Waals surface area contributed by atoms with Gasteiger partial charge < -0.3 is 20.9 Å². The molecule has 4 rings (SSSR count). The molecule has 1 atom stereocenters. The zero-order valence-electron chi connectivity index (χ0n) is 13.6. The Kier molecular flexibility index (Phi) is 3.96. The number of benzene rings is 1. The summed E-state index contributed by atoms with van der Waals surface area (Å²) in [5, 5.41) is 13.7. The number of nitrogens with zero attached hydrogens (tertiary/aromatic N) is 3. The maximum absolute atomic E-state index is 13.5. The fourth-order valence-electron chi connectivity index (χ4n) is 3.44. The highest BCUT2D eigenvalue weighted by Gasteiger charge is 2.32. The van der Waals surface area contributed by atoms with E-state index < -0.39 is 5.82 Å². The fourth-order valence-corrected chi connectivity index (χ4v) is 3.44. The molecule has 0 bridgehead atoms. The average molecular weight is 342 g/mol. The summed E-state index contributed by atoms with van der Waals surface area (Å²) >= 11 is 0. The van der Waals surface area contributed by atoms with Gasteiger partial charge in [0.15, 0.2) is 0 Å². The van der Waals surface area contributed by atoms with Crippen LogP contribution >= 0.6 is 0 Å². The van der Waals surface area contributed by atoms with E-state index in [-0.39, 0.29) is 11.3 Å². The molecule has 1 saturated heterocycles. The first-order chi connectivity index (χ1) is 12.2. The number of anilines is 2. The Labute approximate surface area is 144 Å². The molecule has 3 heterocycles. The summed E-state index contributed by atoms with van der Waals surface area (Å²) in [4.78, 5) is 18.7. The minimum absolute atomic E-state index is 0.241. The molecular weight excluding hydrogens is 323 g/mol. The topological polar surface area (TPSA) is 86.0 Å². The van der Waals surface area contributed by atoms with Gasteiger partial charge in [0.25, 0.3) is 0 Å². The van der Waals surface area contributed by atoms with Crippen molar-refractivity contribution in [1.82, 2.24) is 14.9 Å². The fraction of sp³-hybridized carbons (Fsp3) is 0.353. The molecule has 0 spiro atoms. The van der Waals surface area contributed by atoms with E-state index in [1.807, 2.05) is 6.07 Å². The molecule has 8 heteroatoms. The molecule has 1 aromatic heterocycles. The summed E-state index contributed by atoms with van der Waals surface area (Å²) in [5.74, 6) is 0.988. The minimum atomic E-state index is -0.419. The summed E-state index contributed by atoms with van der Waals surface area (Å²) < 4.78 is 15.2. The normalized spacial score (nSPS) is 18.6. The van der Waals surface area contributed by atoms with Crippen LogP contribution in [-0.4, -0.2) is 41.4 Å². The van der Waals surface area contributed by atoms with Crippen molar-refractivity contribution in [3.8, 4) is 0 Å². The molecule has 3 N–H and O–H groups in total. The van der Waals surface area contributed by atoms with Crippen molar-refractivity contribution < 1.29 is 4.39 Å². The summed E-state index contributed by atoms with van der Waals surface area (Å²) in [6.45, 7) is 3.70. The third-order valence-electron chi connectivity index (χ3n) is 4.72. The molecule has 0 amide bonds. The Morgan fingerprint density at radius 2 is 2.32 bits per heavy atom. The van der Waals surface area contributed by atoms with Crippen LogP contribution in [0.15, 0.2) is 29.1 Å². The number of aromatic nitrogens is 2. The van der Waals surface area contributed by atoms with Crippen LogP contribution in [0.25, 0.3) is 0 Å². The van der Waals surface area contributed by atoms with Gasteiger partial charge in [-0.15, -0.1) is 0 Å². The molecule has 1 aromatic carbocycles. The number of nitrogens with one attached hydrogen (secondary N) is 3. The minimum Gasteiger partial charge on any atom is -0.366 e. The SMILES string of the molecule is N=Cc1cc(CNc2cc3n(c(=O)n2)CC2CNCCN32)ccc1F. The van der Waals surface area contributed by atoms with Crippen molar-refractivity contribution in [1.29, 1.82) is 5.41 Å². The predicted octanol–water partition coefficient (Wildman–Crippen LogP) is 0.784. The van der Waals surface area contributed by atoms with Crippen molar-refractivity contribution in [2.24, 2.45) is 0 Å². The van der Waals surface area contributed by atoms with Crippen LogP contribution in [0, 0.1) is 11.2 Å². The lowest BCUT2D eigenvalue weighted by atomic mass is 10.1. The van der Waals surface area contributed by atoms with Crippen molar-refractivity contribution in [3.05, 3.63) is 51.7 Å². The second kappa shape index (κ2) is 6.29. The standard InChI is InChI=1S/C17H19FN6O/c18-14-2-1-11(5-12(14)7-19)8-21-15-6-16-23-4-3-20-9-13(23)10-24(16)17(25)22-15/h1-2,5-7,13,19-20H,3-4,8-10H2,(H,21,22,25). The van der Waals surface area contributed by atoms with E-state index in [1.165, 1.54) is 6.07 Å². The highest BCUT2D eigenvalue weighted by Crippen LogP contribution is 2.26. The van der Waals surface area contributed by atoms with E-state index in [4.69, 9.17) is 5.41 Å². The molecule has 130 valence electrons. The molecule has 2 aliphatic heterocycles. The summed E-state index contributed by atoms with van der Waals surface area (Å²) in [6.07, 6.45) is 0.989. The first kappa shape index (κ1) is 15.8. The molecule has 7 nitrogen and oxygen atoms in total. The lowest BCUT2D eigenvalue weighted by molar-refractivity contribution is 0.474. The van der Waals surface area contributed by atoms with Crippen molar-refractivity contribution in [2.45, 2.75) is 19.1 Å². The van der Waals surface area contributed by atoms with Crippen molar-refractivity contribution >= 4 is 17.9 Å². The van der Waals surface area contributed by atoms with Crippen LogP contribution < -0.4 is 21.2 Å². The van der Waals surface area contributed by atoms with Gasteiger partial charge in [0.1, 0.15) is 17.5 Å². The van der Waals surface area contributed by atoms with E-state index in [0.29, 0.717) is 24.9 Å². The number of fused-ring (bicyclic) bond motifs is 3. The van der Waals surface area contributed by atoms with E-state index >= 15 is 0 Å². The zero-order chi connectivity index (χ0) is 17.4. The quantitative estimate of drug-likeness (QED) is 0.715. The van der Waals surface area contributed by atoms with Gasteiger partial charge >= 0.3 is 5.69 Å². The lowest BCUT2D eigenvalue weighted by Crippen LogP contribution is -2.49. The molecule has 2 aliphatic rings. The second-order valence-electron chi connectivity index (χ2n) is 6.30. The van der Waals surface area contributed by atoms with Gasteiger partial charge in [0.2, 0.25) is 0 Å². The van der Waals surface area contributed by atoms with Crippen LogP contribution in [0.1, 0.15) is 11.1 Å². The van der Waals surface area contributed by atoms with Crippen LogP contribution in [0.4, 0.5) is 16.0 Å². The van der Waals surface area contributed by atoms with E-state index in [9.17, 15) is 9.18 Å². The van der Waals surface area contributed by atoms with Gasteiger partial charge in [-0.25, -0.2) is 9.18 Å². The Hall–Kier alpha value is -2.74. The smallest absolute Gasteiger partial charge is 0.351 e. The monoisotopic (exact) mass is 342 g/mol. The summed E-state index contributed by atoms with van der Waals surface area (Å²) in [6, 6.07) is 6.80. The third-order valence-corrected chi connectivity index (χ3v) is 4.72. The van der Waals surface area contributed by atoms with Crippen LogP contribution in [0.2, 0.25) is 0 Å². The Morgan fingerprint density at radius 1 is 1.44 bits per heavy atom. The van der Waals surface area contributed by atoms with Gasteiger partial charge in [-0.3, -0.25) is 4.57 Å². The number of hydrogen-bond donors (Lipinski definition) is 3. The Morgan fingerprint density at radius 3 is 3.16 bits per heavy atom. The number of piperazine rings is 1. The number of halogens is 1. The molecule has 0 saturated carbocycles. The van der Waals surface area contributed by atoms with Gasteiger partial charge in [-0.1, -0.05) is 6.07 Å². The molecule has 1 unspecified atom stereocenters. The summed E-state index contributed by atoms with van der Waals surface area (Å²) in [7, 11) is 0. The predicted molar refractivity (Wildman–Crippen MR) is 94.1 cm³/mol. The maximum atomic E-state index is 13.5.